The number of aromatic amines is 3. The molecular formula is C55H64Cl3F9N18O3S. The van der Waals surface area contributed by atoms with Gasteiger partial charge in [0.2, 0.25) is 17.7 Å². The molecule has 0 aromatic carbocycles. The number of alkyl halides is 9. The van der Waals surface area contributed by atoms with Crippen LogP contribution in [0.3, 0.4) is 0 Å². The Labute approximate surface area is 527 Å². The first kappa shape index (κ1) is 65.2. The second kappa shape index (κ2) is 27.2. The Balaban J connectivity index is 0.000000360. The second-order valence-electron chi connectivity index (χ2n) is 20.3. The molecule has 89 heavy (non-hydrogen) atoms. The van der Waals surface area contributed by atoms with E-state index in [-0.39, 0.29) is 21.4 Å². The highest BCUT2D eigenvalue weighted by Crippen LogP contribution is 2.36. The van der Waals surface area contributed by atoms with Gasteiger partial charge in [-0.05, 0) is 62.1 Å². The van der Waals surface area contributed by atoms with E-state index in [1.807, 2.05) is 16.0 Å². The van der Waals surface area contributed by atoms with Crippen LogP contribution in [-0.4, -0.2) is 144 Å². The van der Waals surface area contributed by atoms with Gasteiger partial charge in [0.05, 0.1) is 20.9 Å². The molecule has 1 aliphatic heterocycles. The molecule has 0 bridgehead atoms. The zero-order valence-electron chi connectivity index (χ0n) is 46.7. The number of nitrogens with one attached hydrogen (secondary N) is 8. The summed E-state index contributed by atoms with van der Waals surface area (Å²) in [7, 11) is 0. The van der Waals surface area contributed by atoms with Crippen LogP contribution in [-0.2, 0) is 14.4 Å². The molecule has 0 spiro atoms. The fourth-order valence-electron chi connectivity index (χ4n) is 9.82. The fourth-order valence-corrected chi connectivity index (χ4v) is 11.5. The Hall–Kier alpha value is -8.29. The second-order valence-corrected chi connectivity index (χ2v) is 22.6. The number of hydrogen-bond acceptors (Lipinski definition) is 16. The van der Waals surface area contributed by atoms with Gasteiger partial charge in [-0.25, -0.2) is 44.9 Å². The quantitative estimate of drug-likeness (QED) is 0.0418. The third-order valence-electron chi connectivity index (χ3n) is 14.3. The molecular weight excluding hydrogens is 1270 g/mol. The van der Waals surface area contributed by atoms with E-state index in [2.05, 4.69) is 70.4 Å². The molecule has 2 fully saturated rings. The summed E-state index contributed by atoms with van der Waals surface area (Å²) in [5.41, 5.74) is 1.48. The van der Waals surface area contributed by atoms with E-state index in [0.29, 0.717) is 108 Å². The lowest BCUT2D eigenvalue weighted by Crippen LogP contribution is -2.53. The fraction of sp³-hybridized carbons (Fsp3) is 0.345. The molecule has 8 N–H and O–H groups in total. The Kier molecular flexibility index (Phi) is 19.9. The van der Waals surface area contributed by atoms with Crippen molar-refractivity contribution in [2.45, 2.75) is 88.0 Å². The van der Waals surface area contributed by atoms with E-state index < -0.39 is 73.0 Å². The van der Waals surface area contributed by atoms with Gasteiger partial charge in [-0.15, -0.1) is 11.8 Å². The Morgan fingerprint density at radius 2 is 1.06 bits per heavy atom. The van der Waals surface area contributed by atoms with Crippen molar-refractivity contribution in [2.24, 2.45) is 0 Å². The largest absolute Gasteiger partial charge is 0.405 e. The average molecular weight is 1330 g/mol. The maximum Gasteiger partial charge on any atom is 0.405 e. The molecule has 1 atom stereocenters. The third-order valence-corrected chi connectivity index (χ3v) is 15.9. The highest BCUT2D eigenvalue weighted by molar-refractivity contribution is 7.99. The Morgan fingerprint density at radius 3 is 1.54 bits per heavy atom. The van der Waals surface area contributed by atoms with Gasteiger partial charge in [0, 0.05) is 103 Å². The van der Waals surface area contributed by atoms with Crippen molar-refractivity contribution in [2.75, 3.05) is 46.8 Å². The Bertz CT molecular complexity index is 3870. The van der Waals surface area contributed by atoms with Crippen molar-refractivity contribution >= 4 is 115 Å². The highest BCUT2D eigenvalue weighted by Gasteiger charge is 2.43. The van der Waals surface area contributed by atoms with Crippen LogP contribution >= 0.6 is 46.6 Å². The first-order valence-electron chi connectivity index (χ1n) is 27.1. The summed E-state index contributed by atoms with van der Waals surface area (Å²) in [5, 5.41) is 15.6. The van der Waals surface area contributed by atoms with Gasteiger partial charge in [-0.2, -0.15) is 39.5 Å². The number of aromatic nitrogens is 12. The predicted molar refractivity (Wildman–Crippen MR) is 332 cm³/mol. The summed E-state index contributed by atoms with van der Waals surface area (Å²) in [6.07, 6.45) is 3.64. The molecule has 21 nitrogen and oxygen atoms in total. The Morgan fingerprint density at radius 1 is 0.618 bits per heavy atom. The molecule has 1 aliphatic carbocycles. The first-order valence-corrected chi connectivity index (χ1v) is 29.4. The molecule has 0 radical (unpaired) electrons. The number of halogens is 12. The van der Waals surface area contributed by atoms with Crippen molar-refractivity contribution in [3.63, 3.8) is 0 Å². The molecule has 3 amide bonds. The van der Waals surface area contributed by atoms with Crippen LogP contribution in [0.2, 0.25) is 15.1 Å². The van der Waals surface area contributed by atoms with Gasteiger partial charge in [0.15, 0.2) is 17.5 Å². The summed E-state index contributed by atoms with van der Waals surface area (Å²) in [5.74, 6) is 0.942. The molecule has 9 aromatic rings. The minimum atomic E-state index is -4.49. The van der Waals surface area contributed by atoms with E-state index in [9.17, 15) is 53.9 Å². The first-order chi connectivity index (χ1) is 42.2. The minimum absolute atomic E-state index is 0. The number of amides is 3. The lowest BCUT2D eigenvalue weighted by Gasteiger charge is -2.32. The van der Waals surface area contributed by atoms with E-state index in [1.54, 1.807) is 79.9 Å². The van der Waals surface area contributed by atoms with Crippen LogP contribution in [0.25, 0.3) is 67.3 Å². The standard InChI is InChI=1S/C19H18ClF3N6O.C19H20ClF3N6O.C17H14ClF3N6OS.6H2/c20-11-7-12-13(9-26-15(12)25-8-11)16-24-6-3-14(28-16)29-18(4-1-2-5-18)17(30)27-10-19(21,22)23;1-3-18(4-2,17(30)27-10-19(21,22)23)29-14-5-6-24-16(28-14)13-9-26-15-12(13)7-11(20)8-25-15;18-9-3-10-11(5-24-14(10)23-4-9)15-22-2-1-13(26-15)27-8-29-6-12(27)16(28)25-7-17(19,20)21;;;;;;/h3,6-9H,1-2,4-5,10H2,(H,25,26)(H,27,30)(H,24,28,29);5-9H,3-4,10H2,1-2H3,(H,25,26)(H,27,30)(H,24,28,29);1-5,12H,6-8H2,(H,23,24)(H,25,28);6*1H/t;;12-;;;;;;/m..0....../s1. The lowest BCUT2D eigenvalue weighted by molar-refractivity contribution is -0.141. The maximum atomic E-state index is 12.6. The molecule has 34 heteroatoms. The van der Waals surface area contributed by atoms with Gasteiger partial charge < -0.3 is 46.4 Å². The van der Waals surface area contributed by atoms with Crippen LogP contribution in [0.1, 0.15) is 60.9 Å². The van der Waals surface area contributed by atoms with Crippen LogP contribution in [0.5, 0.6) is 0 Å². The molecule has 1 saturated carbocycles. The number of hydrogen-bond donors (Lipinski definition) is 8. The SMILES string of the molecule is CCC(CC)(Nc1ccnc(-c2c[nH]c3ncc(Cl)cc23)n1)C(=O)NCC(F)(F)F.O=C(NCC(F)(F)F)C1(Nc2ccnc(-c3c[nH]c4ncc(Cl)cc34)n2)CCCC1.O=C(NCC(F)(F)F)[C@@H]1CSCN1c1ccnc(-c2c[nH]c3ncc(Cl)cc23)n1.[HH].[HH].[HH].[HH].[HH].[HH]. The zero-order chi connectivity index (χ0) is 63.9. The molecule has 1 saturated heterocycles. The minimum Gasteiger partial charge on any atom is -0.356 e. The summed E-state index contributed by atoms with van der Waals surface area (Å²) in [4.78, 5) is 87.0. The number of nitrogens with zero attached hydrogens (tertiary/aromatic N) is 10. The number of carbonyl (C=O) groups excluding carboxylic acids is 3. The number of pyridine rings is 3. The topological polar surface area (TPSA) is 278 Å². The number of carbonyl (C=O) groups is 3. The number of fused-ring (bicyclic) bond motifs is 3. The van der Waals surface area contributed by atoms with E-state index in [0.717, 1.165) is 29.0 Å². The molecule has 11 rings (SSSR count). The monoisotopic (exact) mass is 1330 g/mol. The van der Waals surface area contributed by atoms with Gasteiger partial charge in [0.1, 0.15) is 71.1 Å². The van der Waals surface area contributed by atoms with Crippen molar-refractivity contribution in [3.8, 4) is 34.2 Å². The van der Waals surface area contributed by atoms with Gasteiger partial charge >= 0.3 is 18.5 Å². The smallest absolute Gasteiger partial charge is 0.356 e. The third kappa shape index (κ3) is 16.1. The van der Waals surface area contributed by atoms with Gasteiger partial charge in [-0.1, -0.05) is 61.5 Å². The van der Waals surface area contributed by atoms with Crippen molar-refractivity contribution in [1.29, 1.82) is 0 Å². The molecule has 9 aromatic heterocycles. The lowest BCUT2D eigenvalue weighted by atomic mass is 9.91. The van der Waals surface area contributed by atoms with Gasteiger partial charge in [-0.3, -0.25) is 14.4 Å². The van der Waals surface area contributed by atoms with Gasteiger partial charge in [0.25, 0.3) is 0 Å². The molecule has 0 unspecified atom stereocenters. The van der Waals surface area contributed by atoms with Crippen molar-refractivity contribution in [3.05, 3.63) is 107 Å². The summed E-state index contributed by atoms with van der Waals surface area (Å²) in [6.45, 7) is -0.683. The molecule has 10 heterocycles. The van der Waals surface area contributed by atoms with Crippen LogP contribution in [0.4, 0.5) is 57.0 Å². The number of thioether (sulfide) groups is 1. The van der Waals surface area contributed by atoms with Crippen LogP contribution in [0.15, 0.2) is 92.2 Å². The summed E-state index contributed by atoms with van der Waals surface area (Å²) in [6, 6.07) is 9.23. The summed E-state index contributed by atoms with van der Waals surface area (Å²) >= 11 is 19.6. The van der Waals surface area contributed by atoms with Crippen molar-refractivity contribution in [1.82, 2.24) is 75.8 Å². The van der Waals surface area contributed by atoms with E-state index in [1.165, 1.54) is 42.7 Å². The predicted octanol–water partition coefficient (Wildman–Crippen LogP) is 13.1. The van der Waals surface area contributed by atoms with Crippen LogP contribution < -0.4 is 31.5 Å². The zero-order valence-corrected chi connectivity index (χ0v) is 49.7. The van der Waals surface area contributed by atoms with E-state index in [4.69, 9.17) is 34.8 Å². The van der Waals surface area contributed by atoms with Crippen LogP contribution in [0, 0.1) is 0 Å². The molecule has 2 aliphatic rings. The highest BCUT2D eigenvalue weighted by atomic mass is 35.5. The summed E-state index contributed by atoms with van der Waals surface area (Å²) < 4.78 is 112. The normalized spacial score (nSPS) is 15.1. The number of rotatable bonds is 16. The average Bonchev–Trinajstić information content (AvgIpc) is 1.73. The number of H-pyrrole nitrogens is 3. The molecule has 482 valence electrons. The number of anilines is 3. The maximum absolute atomic E-state index is 12.6. The van der Waals surface area contributed by atoms with E-state index >= 15 is 0 Å². The van der Waals surface area contributed by atoms with Crippen molar-refractivity contribution < 1.29 is 62.5 Å².